The molecule has 0 aliphatic heterocycles. The molecule has 3 nitrogen and oxygen atoms in total. The van der Waals surface area contributed by atoms with Crippen molar-refractivity contribution in [3.05, 3.63) is 57.6 Å². The Balaban J connectivity index is 1.93. The Morgan fingerprint density at radius 1 is 1.24 bits per heavy atom. The van der Waals surface area contributed by atoms with Crippen LogP contribution in [0.3, 0.4) is 0 Å². The molecule has 106 valence electrons. The Morgan fingerprint density at radius 2 is 2.00 bits per heavy atom. The highest BCUT2D eigenvalue weighted by Crippen LogP contribution is 2.33. The van der Waals surface area contributed by atoms with Crippen LogP contribution in [0.1, 0.15) is 9.67 Å². The number of nitrogens with two attached hydrogens (primary N) is 1. The third-order valence-corrected chi connectivity index (χ3v) is 4.85. The fourth-order valence-electron chi connectivity index (χ4n) is 2.00. The second-order valence-electron chi connectivity index (χ2n) is 4.42. The molecule has 0 aliphatic rings. The molecule has 0 saturated carbocycles. The number of hydrogen-bond donors (Lipinski definition) is 2. The van der Waals surface area contributed by atoms with E-state index in [9.17, 15) is 9.18 Å². The number of thiophene rings is 1. The van der Waals surface area contributed by atoms with Crippen molar-refractivity contribution in [1.29, 1.82) is 0 Å². The van der Waals surface area contributed by atoms with Gasteiger partial charge in [-0.3, -0.25) is 4.79 Å². The first kappa shape index (κ1) is 14.0. The van der Waals surface area contributed by atoms with Crippen LogP contribution in [0.4, 0.5) is 15.8 Å². The summed E-state index contributed by atoms with van der Waals surface area (Å²) in [5.41, 5.74) is 6.85. The van der Waals surface area contributed by atoms with E-state index >= 15 is 0 Å². The van der Waals surface area contributed by atoms with E-state index in [4.69, 9.17) is 5.73 Å². The highest BCUT2D eigenvalue weighted by Gasteiger charge is 2.16. The van der Waals surface area contributed by atoms with Crippen LogP contribution in [-0.2, 0) is 0 Å². The number of carbonyl (C=O) groups excluding carboxylic acids is 1. The van der Waals surface area contributed by atoms with E-state index in [-0.39, 0.29) is 5.91 Å². The van der Waals surface area contributed by atoms with E-state index in [1.54, 1.807) is 12.1 Å². The Morgan fingerprint density at radius 3 is 2.71 bits per heavy atom. The van der Waals surface area contributed by atoms with Crippen molar-refractivity contribution in [2.75, 3.05) is 11.1 Å². The predicted molar refractivity (Wildman–Crippen MR) is 88.3 cm³/mol. The van der Waals surface area contributed by atoms with Gasteiger partial charge in [0.05, 0.1) is 10.2 Å². The van der Waals surface area contributed by atoms with Gasteiger partial charge < -0.3 is 11.1 Å². The number of benzene rings is 2. The first-order valence-electron chi connectivity index (χ1n) is 6.09. The lowest BCUT2D eigenvalue weighted by molar-refractivity contribution is 0.103. The number of nitrogens with one attached hydrogen (secondary N) is 1. The molecule has 3 rings (SSSR count). The molecule has 0 unspecified atom stereocenters. The molecule has 1 amide bonds. The van der Waals surface area contributed by atoms with Gasteiger partial charge in [-0.2, -0.15) is 0 Å². The van der Waals surface area contributed by atoms with Gasteiger partial charge in [-0.25, -0.2) is 4.39 Å². The molecule has 0 atom stereocenters. The van der Waals surface area contributed by atoms with Gasteiger partial charge in [-0.05, 0) is 40.2 Å². The van der Waals surface area contributed by atoms with Crippen LogP contribution in [0.15, 0.2) is 46.9 Å². The smallest absolute Gasteiger partial charge is 0.267 e. The van der Waals surface area contributed by atoms with Crippen LogP contribution in [0.5, 0.6) is 0 Å². The molecule has 0 spiro atoms. The van der Waals surface area contributed by atoms with Crippen molar-refractivity contribution in [3.8, 4) is 0 Å². The minimum Gasteiger partial charge on any atom is -0.397 e. The number of nitrogen functional groups attached to an aromatic ring is 1. The van der Waals surface area contributed by atoms with Crippen molar-refractivity contribution in [2.45, 2.75) is 0 Å². The maximum atomic E-state index is 13.5. The average Bonchev–Trinajstić information content (AvgIpc) is 2.81. The summed E-state index contributed by atoms with van der Waals surface area (Å²) in [7, 11) is 0. The highest BCUT2D eigenvalue weighted by atomic mass is 79.9. The van der Waals surface area contributed by atoms with Gasteiger partial charge in [0.15, 0.2) is 0 Å². The molecule has 0 aliphatic carbocycles. The number of halogens is 2. The second-order valence-corrected chi connectivity index (χ2v) is 6.33. The van der Waals surface area contributed by atoms with Crippen molar-refractivity contribution >= 4 is 54.6 Å². The van der Waals surface area contributed by atoms with E-state index in [1.165, 1.54) is 17.4 Å². The first-order valence-corrected chi connectivity index (χ1v) is 7.70. The standard InChI is InChI=1S/C15H10BrFN2OS/c16-10-6-5-8(7-11(10)17)19-15(20)14-13(18)9-3-1-2-4-12(9)21-14/h1-7H,18H2,(H,19,20). The molecule has 2 aromatic carbocycles. The molecule has 1 heterocycles. The summed E-state index contributed by atoms with van der Waals surface area (Å²) in [5, 5.41) is 3.51. The summed E-state index contributed by atoms with van der Waals surface area (Å²) in [4.78, 5) is 12.7. The van der Waals surface area contributed by atoms with Crippen LogP contribution < -0.4 is 11.1 Å². The topological polar surface area (TPSA) is 55.1 Å². The van der Waals surface area contributed by atoms with Gasteiger partial charge in [-0.1, -0.05) is 18.2 Å². The largest absolute Gasteiger partial charge is 0.397 e. The Bertz CT molecular complexity index is 847. The predicted octanol–water partition coefficient (Wildman–Crippen LogP) is 4.64. The summed E-state index contributed by atoms with van der Waals surface area (Å²) < 4.78 is 14.8. The van der Waals surface area contributed by atoms with Gasteiger partial charge in [0.2, 0.25) is 0 Å². The fraction of sp³-hybridized carbons (Fsp3) is 0. The van der Waals surface area contributed by atoms with Crippen LogP contribution in [0, 0.1) is 5.82 Å². The fourth-order valence-corrected chi connectivity index (χ4v) is 3.26. The van der Waals surface area contributed by atoms with Crippen LogP contribution in [0.25, 0.3) is 10.1 Å². The lowest BCUT2D eigenvalue weighted by Crippen LogP contribution is -2.12. The molecular formula is C15H10BrFN2OS. The summed E-state index contributed by atoms with van der Waals surface area (Å²) in [6, 6.07) is 12.0. The summed E-state index contributed by atoms with van der Waals surface area (Å²) in [6.45, 7) is 0. The lowest BCUT2D eigenvalue weighted by atomic mass is 10.2. The highest BCUT2D eigenvalue weighted by molar-refractivity contribution is 9.10. The van der Waals surface area contributed by atoms with Gasteiger partial charge >= 0.3 is 0 Å². The van der Waals surface area contributed by atoms with Gasteiger partial charge in [0, 0.05) is 15.8 Å². The van der Waals surface area contributed by atoms with Gasteiger partial charge in [0.25, 0.3) is 5.91 Å². The molecule has 21 heavy (non-hydrogen) atoms. The third-order valence-electron chi connectivity index (χ3n) is 3.02. The monoisotopic (exact) mass is 364 g/mol. The van der Waals surface area contributed by atoms with Gasteiger partial charge in [-0.15, -0.1) is 11.3 Å². The summed E-state index contributed by atoms with van der Waals surface area (Å²) >= 11 is 4.39. The zero-order chi connectivity index (χ0) is 15.0. The molecule has 1 aromatic heterocycles. The van der Waals surface area contributed by atoms with Crippen molar-refractivity contribution in [2.24, 2.45) is 0 Å². The Labute approximate surface area is 132 Å². The normalized spacial score (nSPS) is 10.8. The van der Waals surface area contributed by atoms with E-state index in [2.05, 4.69) is 21.2 Å². The van der Waals surface area contributed by atoms with Crippen molar-refractivity contribution < 1.29 is 9.18 Å². The second kappa shape index (κ2) is 5.46. The zero-order valence-corrected chi connectivity index (χ0v) is 13.1. The quantitative estimate of drug-likeness (QED) is 0.695. The van der Waals surface area contributed by atoms with Crippen LogP contribution in [-0.4, -0.2) is 5.91 Å². The molecule has 0 fully saturated rings. The molecule has 0 bridgehead atoms. The molecule has 0 saturated heterocycles. The minimum atomic E-state index is -0.433. The minimum absolute atomic E-state index is 0.338. The van der Waals surface area contributed by atoms with E-state index in [0.717, 1.165) is 10.1 Å². The SMILES string of the molecule is Nc1c(C(=O)Nc2ccc(Br)c(F)c2)sc2ccccc12. The number of anilines is 2. The third kappa shape index (κ3) is 2.64. The average molecular weight is 365 g/mol. The number of fused-ring (bicyclic) bond motifs is 1. The first-order chi connectivity index (χ1) is 10.1. The maximum absolute atomic E-state index is 13.5. The van der Waals surface area contributed by atoms with Crippen molar-refractivity contribution in [3.63, 3.8) is 0 Å². The number of hydrogen-bond acceptors (Lipinski definition) is 3. The zero-order valence-electron chi connectivity index (χ0n) is 10.7. The van der Waals surface area contributed by atoms with Crippen LogP contribution in [0.2, 0.25) is 0 Å². The van der Waals surface area contributed by atoms with E-state index in [0.29, 0.717) is 20.7 Å². The van der Waals surface area contributed by atoms with Gasteiger partial charge in [0.1, 0.15) is 10.7 Å². The molecule has 3 N–H and O–H groups in total. The van der Waals surface area contributed by atoms with Crippen molar-refractivity contribution in [1.82, 2.24) is 0 Å². The molecule has 3 aromatic rings. The molecular weight excluding hydrogens is 355 g/mol. The summed E-state index contributed by atoms with van der Waals surface area (Å²) in [5.74, 6) is -0.771. The van der Waals surface area contributed by atoms with E-state index in [1.807, 2.05) is 24.3 Å². The summed E-state index contributed by atoms with van der Waals surface area (Å²) in [6.07, 6.45) is 0. The number of carbonyl (C=O) groups is 1. The number of rotatable bonds is 2. The maximum Gasteiger partial charge on any atom is 0.267 e. The Hall–Kier alpha value is -1.92. The Kier molecular flexibility index (Phi) is 3.65. The number of amides is 1. The van der Waals surface area contributed by atoms with E-state index < -0.39 is 5.82 Å². The van der Waals surface area contributed by atoms with Crippen LogP contribution >= 0.6 is 27.3 Å². The molecule has 0 radical (unpaired) electrons. The molecule has 6 heteroatoms. The lowest BCUT2D eigenvalue weighted by Gasteiger charge is -2.05.